The lowest BCUT2D eigenvalue weighted by Gasteiger charge is -2.35. The molecule has 1 aliphatic heterocycles. The Morgan fingerprint density at radius 2 is 1.60 bits per heavy atom. The van der Waals surface area contributed by atoms with Crippen molar-refractivity contribution in [1.29, 1.82) is 0 Å². The first-order chi connectivity index (χ1) is 14.6. The second-order valence-corrected chi connectivity index (χ2v) is 8.09. The smallest absolute Gasteiger partial charge is 0.119 e. The normalized spacial score (nSPS) is 19.4. The van der Waals surface area contributed by atoms with Crippen molar-refractivity contribution in [2.24, 2.45) is 0 Å². The van der Waals surface area contributed by atoms with Gasteiger partial charge in [-0.1, -0.05) is 36.4 Å². The van der Waals surface area contributed by atoms with E-state index in [2.05, 4.69) is 84.7 Å². The fourth-order valence-electron chi connectivity index (χ4n) is 4.13. The van der Waals surface area contributed by atoms with E-state index in [1.165, 1.54) is 11.1 Å². The van der Waals surface area contributed by atoms with Gasteiger partial charge in [0.25, 0.3) is 0 Å². The molecule has 0 radical (unpaired) electrons. The number of morpholine rings is 1. The van der Waals surface area contributed by atoms with Crippen molar-refractivity contribution in [3.05, 3.63) is 78.4 Å². The van der Waals surface area contributed by atoms with Crippen LogP contribution in [0.5, 0.6) is 5.75 Å². The van der Waals surface area contributed by atoms with Gasteiger partial charge >= 0.3 is 0 Å². The Bertz CT molecular complexity index is 961. The van der Waals surface area contributed by atoms with E-state index in [0.29, 0.717) is 0 Å². The van der Waals surface area contributed by atoms with Gasteiger partial charge in [0.2, 0.25) is 0 Å². The zero-order valence-corrected chi connectivity index (χ0v) is 18.0. The average Bonchev–Trinajstić information content (AvgIpc) is 2.74. The van der Waals surface area contributed by atoms with Gasteiger partial charge in [0.15, 0.2) is 0 Å². The predicted octanol–water partition coefficient (Wildman–Crippen LogP) is 5.72. The Labute approximate surface area is 179 Å². The van der Waals surface area contributed by atoms with Crippen LogP contribution in [0.1, 0.15) is 19.4 Å². The van der Waals surface area contributed by atoms with Crippen LogP contribution in [0.2, 0.25) is 0 Å². The van der Waals surface area contributed by atoms with Crippen molar-refractivity contribution in [3.8, 4) is 16.9 Å². The summed E-state index contributed by atoms with van der Waals surface area (Å²) in [6, 6.07) is 25.3. The van der Waals surface area contributed by atoms with Crippen molar-refractivity contribution < 1.29 is 9.47 Å². The van der Waals surface area contributed by atoms with E-state index in [1.54, 1.807) is 7.11 Å². The third kappa shape index (κ3) is 5.21. The Balaban J connectivity index is 1.42. The third-order valence-corrected chi connectivity index (χ3v) is 5.41. The first kappa shape index (κ1) is 20.5. The molecule has 0 aromatic heterocycles. The van der Waals surface area contributed by atoms with Gasteiger partial charge in [-0.3, -0.25) is 4.90 Å². The molecule has 4 rings (SSSR count). The van der Waals surface area contributed by atoms with E-state index >= 15 is 0 Å². The Morgan fingerprint density at radius 3 is 2.33 bits per heavy atom. The lowest BCUT2D eigenvalue weighted by molar-refractivity contribution is -0.0704. The van der Waals surface area contributed by atoms with E-state index in [0.717, 1.165) is 42.3 Å². The van der Waals surface area contributed by atoms with Gasteiger partial charge in [-0.05, 0) is 66.9 Å². The van der Waals surface area contributed by atoms with E-state index in [-0.39, 0.29) is 12.2 Å². The molecule has 1 heterocycles. The number of rotatable bonds is 6. The highest BCUT2D eigenvalue weighted by atomic mass is 16.5. The lowest BCUT2D eigenvalue weighted by Crippen LogP contribution is -2.44. The Kier molecular flexibility index (Phi) is 6.36. The van der Waals surface area contributed by atoms with Crippen molar-refractivity contribution in [1.82, 2.24) is 4.90 Å². The minimum atomic E-state index is 0.290. The summed E-state index contributed by atoms with van der Waals surface area (Å²) >= 11 is 0. The third-order valence-electron chi connectivity index (χ3n) is 5.41. The van der Waals surface area contributed by atoms with Gasteiger partial charge < -0.3 is 14.8 Å². The maximum Gasteiger partial charge on any atom is 0.119 e. The summed E-state index contributed by atoms with van der Waals surface area (Å²) in [5, 5.41) is 3.53. The number of anilines is 2. The maximum absolute atomic E-state index is 5.85. The van der Waals surface area contributed by atoms with E-state index in [4.69, 9.17) is 9.47 Å². The van der Waals surface area contributed by atoms with E-state index in [9.17, 15) is 0 Å². The molecule has 30 heavy (non-hydrogen) atoms. The highest BCUT2D eigenvalue weighted by Gasteiger charge is 2.22. The van der Waals surface area contributed by atoms with Crippen LogP contribution in [0, 0.1) is 0 Å². The molecular weight excluding hydrogens is 372 g/mol. The molecule has 3 aromatic carbocycles. The van der Waals surface area contributed by atoms with Gasteiger partial charge in [-0.25, -0.2) is 0 Å². The van der Waals surface area contributed by atoms with Gasteiger partial charge in [0.1, 0.15) is 5.75 Å². The van der Waals surface area contributed by atoms with Crippen LogP contribution in [0.25, 0.3) is 11.1 Å². The van der Waals surface area contributed by atoms with Crippen LogP contribution in [0.3, 0.4) is 0 Å². The Morgan fingerprint density at radius 1 is 0.867 bits per heavy atom. The van der Waals surface area contributed by atoms with Crippen molar-refractivity contribution in [2.45, 2.75) is 32.6 Å². The largest absolute Gasteiger partial charge is 0.497 e. The summed E-state index contributed by atoms with van der Waals surface area (Å²) in [5.41, 5.74) is 5.82. The van der Waals surface area contributed by atoms with Crippen LogP contribution in [-0.2, 0) is 11.3 Å². The second kappa shape index (κ2) is 9.33. The van der Waals surface area contributed by atoms with Crippen molar-refractivity contribution >= 4 is 11.4 Å². The molecule has 2 atom stereocenters. The van der Waals surface area contributed by atoms with E-state index in [1.807, 2.05) is 12.1 Å². The molecular formula is C26H30N2O2. The fraction of sp³-hybridized carbons (Fsp3) is 0.308. The molecule has 0 spiro atoms. The summed E-state index contributed by atoms with van der Waals surface area (Å²) in [7, 11) is 1.69. The summed E-state index contributed by atoms with van der Waals surface area (Å²) in [6.07, 6.45) is 0.580. The van der Waals surface area contributed by atoms with Crippen LogP contribution >= 0.6 is 0 Å². The SMILES string of the molecule is COc1cccc(-c2ccc(Nc3cccc(CN4CC(C)OC(C)C4)c3)cc2)c1. The Hall–Kier alpha value is -2.82. The van der Waals surface area contributed by atoms with Gasteiger partial charge in [0, 0.05) is 31.0 Å². The van der Waals surface area contributed by atoms with Crippen LogP contribution in [0.4, 0.5) is 11.4 Å². The number of nitrogens with one attached hydrogen (secondary N) is 1. The summed E-state index contributed by atoms with van der Waals surface area (Å²) < 4.78 is 11.2. The number of ether oxygens (including phenoxy) is 2. The molecule has 1 fully saturated rings. The average molecular weight is 403 g/mol. The minimum Gasteiger partial charge on any atom is -0.497 e. The summed E-state index contributed by atoms with van der Waals surface area (Å²) in [5.74, 6) is 0.871. The first-order valence-corrected chi connectivity index (χ1v) is 10.6. The minimum absolute atomic E-state index is 0.290. The number of methoxy groups -OCH3 is 1. The summed E-state index contributed by atoms with van der Waals surface area (Å²) in [4.78, 5) is 2.47. The molecule has 1 saturated heterocycles. The number of nitrogens with zero attached hydrogens (tertiary/aromatic N) is 1. The zero-order chi connectivity index (χ0) is 20.9. The lowest BCUT2D eigenvalue weighted by atomic mass is 10.1. The highest BCUT2D eigenvalue weighted by molar-refractivity contribution is 5.69. The quantitative estimate of drug-likeness (QED) is 0.572. The maximum atomic E-state index is 5.85. The molecule has 1 N–H and O–H groups in total. The fourth-order valence-corrected chi connectivity index (χ4v) is 4.13. The van der Waals surface area contributed by atoms with Crippen molar-refractivity contribution in [3.63, 3.8) is 0 Å². The molecule has 156 valence electrons. The number of hydrogen-bond donors (Lipinski definition) is 1. The van der Waals surface area contributed by atoms with Crippen LogP contribution in [0.15, 0.2) is 72.8 Å². The van der Waals surface area contributed by atoms with Crippen LogP contribution < -0.4 is 10.1 Å². The predicted molar refractivity (Wildman–Crippen MR) is 123 cm³/mol. The highest BCUT2D eigenvalue weighted by Crippen LogP contribution is 2.26. The van der Waals surface area contributed by atoms with E-state index < -0.39 is 0 Å². The second-order valence-electron chi connectivity index (χ2n) is 8.09. The molecule has 2 unspecified atom stereocenters. The van der Waals surface area contributed by atoms with Crippen LogP contribution in [-0.4, -0.2) is 37.3 Å². The first-order valence-electron chi connectivity index (χ1n) is 10.6. The number of hydrogen-bond acceptors (Lipinski definition) is 4. The molecule has 0 bridgehead atoms. The molecule has 4 nitrogen and oxygen atoms in total. The van der Waals surface area contributed by atoms with Crippen molar-refractivity contribution in [2.75, 3.05) is 25.5 Å². The molecule has 0 saturated carbocycles. The van der Waals surface area contributed by atoms with Gasteiger partial charge in [-0.15, -0.1) is 0 Å². The molecule has 1 aliphatic rings. The molecule has 4 heteroatoms. The molecule has 0 aliphatic carbocycles. The monoisotopic (exact) mass is 402 g/mol. The van der Waals surface area contributed by atoms with Gasteiger partial charge in [-0.2, -0.15) is 0 Å². The number of benzene rings is 3. The summed E-state index contributed by atoms with van der Waals surface area (Å²) in [6.45, 7) is 7.20. The topological polar surface area (TPSA) is 33.7 Å². The van der Waals surface area contributed by atoms with Gasteiger partial charge in [0.05, 0.1) is 19.3 Å². The molecule has 3 aromatic rings. The molecule has 0 amide bonds. The zero-order valence-electron chi connectivity index (χ0n) is 18.0. The standard InChI is InChI=1S/C26H30N2O2/c1-19-16-28(17-20(2)30-19)18-21-6-4-8-25(14-21)27-24-12-10-22(11-13-24)23-7-5-9-26(15-23)29-3/h4-15,19-20,27H,16-18H2,1-3H3.